The quantitative estimate of drug-likeness (QED) is 0.846. The van der Waals surface area contributed by atoms with E-state index >= 15 is 0 Å². The van der Waals surface area contributed by atoms with Crippen molar-refractivity contribution in [3.05, 3.63) is 33.8 Å². The second kappa shape index (κ2) is 8.02. The van der Waals surface area contributed by atoms with E-state index in [4.69, 9.17) is 23.2 Å². The second-order valence-corrected chi connectivity index (χ2v) is 4.82. The lowest BCUT2D eigenvalue weighted by molar-refractivity contribution is -0.125. The fourth-order valence-corrected chi connectivity index (χ4v) is 1.96. The van der Waals surface area contributed by atoms with Crippen molar-refractivity contribution in [3.8, 4) is 0 Å². The van der Waals surface area contributed by atoms with Crippen LogP contribution in [0.4, 0.5) is 0 Å². The summed E-state index contributed by atoms with van der Waals surface area (Å²) in [7, 11) is 0. The molecule has 0 heterocycles. The minimum atomic E-state index is -0.290. The normalized spacial score (nSPS) is 10.1. The third-order valence-electron chi connectivity index (χ3n) is 2.42. The Morgan fingerprint density at radius 2 is 1.74 bits per heavy atom. The van der Waals surface area contributed by atoms with Gasteiger partial charge in [0.05, 0.1) is 13.0 Å². The molecule has 1 aromatic rings. The van der Waals surface area contributed by atoms with Crippen LogP contribution in [0.2, 0.25) is 10.0 Å². The number of rotatable bonds is 6. The van der Waals surface area contributed by atoms with Gasteiger partial charge in [0, 0.05) is 16.6 Å². The molecule has 6 heteroatoms. The van der Waals surface area contributed by atoms with Gasteiger partial charge in [-0.05, 0) is 24.1 Å². The van der Waals surface area contributed by atoms with Crippen molar-refractivity contribution in [2.45, 2.75) is 19.8 Å². The minimum Gasteiger partial charge on any atom is -0.355 e. The lowest BCUT2D eigenvalue weighted by Gasteiger charge is -2.08. The van der Waals surface area contributed by atoms with Crippen LogP contribution in [0, 0.1) is 0 Å². The standard InChI is InChI=1S/C13H16Cl2N2O2/c1-2-6-16-13(19)8-17-12(18)7-9-10(14)4-3-5-11(9)15/h3-5H,2,6-8H2,1H3,(H,16,19)(H,17,18). The molecule has 0 radical (unpaired) electrons. The van der Waals surface area contributed by atoms with Crippen molar-refractivity contribution in [3.63, 3.8) is 0 Å². The van der Waals surface area contributed by atoms with E-state index in [0.717, 1.165) is 6.42 Å². The van der Waals surface area contributed by atoms with Crippen LogP contribution >= 0.6 is 23.2 Å². The van der Waals surface area contributed by atoms with Crippen LogP contribution in [-0.2, 0) is 16.0 Å². The molecule has 0 aliphatic heterocycles. The summed E-state index contributed by atoms with van der Waals surface area (Å²) in [5.41, 5.74) is 0.567. The predicted molar refractivity (Wildman–Crippen MR) is 76.5 cm³/mol. The van der Waals surface area contributed by atoms with Crippen molar-refractivity contribution in [2.24, 2.45) is 0 Å². The number of nitrogens with one attached hydrogen (secondary N) is 2. The van der Waals surface area contributed by atoms with Crippen LogP contribution in [0.5, 0.6) is 0 Å². The van der Waals surface area contributed by atoms with Gasteiger partial charge in [0.1, 0.15) is 0 Å². The number of amides is 2. The molecule has 0 aliphatic carbocycles. The number of hydrogen-bond acceptors (Lipinski definition) is 2. The molecule has 0 saturated carbocycles. The highest BCUT2D eigenvalue weighted by Gasteiger charge is 2.11. The van der Waals surface area contributed by atoms with Gasteiger partial charge in [0.25, 0.3) is 0 Å². The summed E-state index contributed by atoms with van der Waals surface area (Å²) in [6.45, 7) is 2.52. The Balaban J connectivity index is 2.45. The average Bonchev–Trinajstić information content (AvgIpc) is 2.38. The topological polar surface area (TPSA) is 58.2 Å². The van der Waals surface area contributed by atoms with Gasteiger partial charge in [-0.2, -0.15) is 0 Å². The summed E-state index contributed by atoms with van der Waals surface area (Å²) >= 11 is 11.9. The maximum atomic E-state index is 11.7. The van der Waals surface area contributed by atoms with Gasteiger partial charge in [0.15, 0.2) is 0 Å². The molecule has 0 unspecified atom stereocenters. The molecule has 0 saturated heterocycles. The Kier molecular flexibility index (Phi) is 6.67. The summed E-state index contributed by atoms with van der Waals surface area (Å²) in [6.07, 6.45) is 0.911. The molecule has 0 bridgehead atoms. The fraction of sp³-hybridized carbons (Fsp3) is 0.385. The summed E-state index contributed by atoms with van der Waals surface area (Å²) in [6, 6.07) is 5.05. The van der Waals surface area contributed by atoms with Crippen LogP contribution in [0.1, 0.15) is 18.9 Å². The first-order valence-electron chi connectivity index (χ1n) is 6.01. The van der Waals surface area contributed by atoms with E-state index in [1.165, 1.54) is 0 Å². The van der Waals surface area contributed by atoms with E-state index in [2.05, 4.69) is 10.6 Å². The van der Waals surface area contributed by atoms with Gasteiger partial charge in [-0.15, -0.1) is 0 Å². The molecule has 4 nitrogen and oxygen atoms in total. The summed E-state index contributed by atoms with van der Waals surface area (Å²) in [4.78, 5) is 23.0. The predicted octanol–water partition coefficient (Wildman–Crippen LogP) is 2.18. The highest BCUT2D eigenvalue weighted by atomic mass is 35.5. The van der Waals surface area contributed by atoms with Gasteiger partial charge in [-0.25, -0.2) is 0 Å². The van der Waals surface area contributed by atoms with Crippen molar-refractivity contribution in [1.29, 1.82) is 0 Å². The van der Waals surface area contributed by atoms with Crippen LogP contribution in [0.15, 0.2) is 18.2 Å². The van der Waals surface area contributed by atoms with Gasteiger partial charge >= 0.3 is 0 Å². The molecule has 2 N–H and O–H groups in total. The van der Waals surface area contributed by atoms with E-state index in [-0.39, 0.29) is 24.8 Å². The van der Waals surface area contributed by atoms with Gasteiger partial charge in [-0.1, -0.05) is 36.2 Å². The second-order valence-electron chi connectivity index (χ2n) is 4.00. The molecule has 1 rings (SSSR count). The highest BCUT2D eigenvalue weighted by Crippen LogP contribution is 2.24. The molecular weight excluding hydrogens is 287 g/mol. The highest BCUT2D eigenvalue weighted by molar-refractivity contribution is 6.36. The first kappa shape index (κ1) is 15.8. The van der Waals surface area contributed by atoms with Crippen LogP contribution in [0.25, 0.3) is 0 Å². The average molecular weight is 303 g/mol. The molecule has 19 heavy (non-hydrogen) atoms. The zero-order chi connectivity index (χ0) is 14.3. The number of benzene rings is 1. The fourth-order valence-electron chi connectivity index (χ4n) is 1.43. The smallest absolute Gasteiger partial charge is 0.239 e. The van der Waals surface area contributed by atoms with Gasteiger partial charge in [0.2, 0.25) is 11.8 Å². The molecule has 0 fully saturated rings. The molecule has 0 aliphatic rings. The SMILES string of the molecule is CCCNC(=O)CNC(=O)Cc1c(Cl)cccc1Cl. The van der Waals surface area contributed by atoms with E-state index in [1.54, 1.807) is 18.2 Å². The molecule has 1 aromatic carbocycles. The summed E-state index contributed by atoms with van der Waals surface area (Å²) < 4.78 is 0. The monoisotopic (exact) mass is 302 g/mol. The van der Waals surface area contributed by atoms with E-state index < -0.39 is 0 Å². The number of carbonyl (C=O) groups is 2. The number of halogens is 2. The van der Waals surface area contributed by atoms with Crippen LogP contribution < -0.4 is 10.6 Å². The summed E-state index contributed by atoms with van der Waals surface area (Å²) in [5, 5.41) is 6.08. The van der Waals surface area contributed by atoms with E-state index in [0.29, 0.717) is 22.2 Å². The minimum absolute atomic E-state index is 0.0408. The van der Waals surface area contributed by atoms with Crippen LogP contribution in [-0.4, -0.2) is 24.9 Å². The number of hydrogen-bond donors (Lipinski definition) is 2. The Morgan fingerprint density at radius 3 is 2.32 bits per heavy atom. The van der Waals surface area contributed by atoms with Gasteiger partial charge < -0.3 is 10.6 Å². The zero-order valence-electron chi connectivity index (χ0n) is 10.6. The van der Waals surface area contributed by atoms with Crippen molar-refractivity contribution >= 4 is 35.0 Å². The molecular formula is C13H16Cl2N2O2. The largest absolute Gasteiger partial charge is 0.355 e. The van der Waals surface area contributed by atoms with Crippen molar-refractivity contribution in [2.75, 3.05) is 13.1 Å². The van der Waals surface area contributed by atoms with Crippen molar-refractivity contribution < 1.29 is 9.59 Å². The molecule has 0 aromatic heterocycles. The summed E-state index contributed by atoms with van der Waals surface area (Å²) in [5.74, 6) is -0.498. The maximum Gasteiger partial charge on any atom is 0.239 e. The molecule has 0 atom stereocenters. The molecule has 0 spiro atoms. The Labute approximate surface area is 122 Å². The third-order valence-corrected chi connectivity index (χ3v) is 3.13. The first-order chi connectivity index (χ1) is 9.04. The van der Waals surface area contributed by atoms with Gasteiger partial charge in [-0.3, -0.25) is 9.59 Å². The molecule has 2 amide bonds. The lowest BCUT2D eigenvalue weighted by atomic mass is 10.1. The third kappa shape index (κ3) is 5.49. The van der Waals surface area contributed by atoms with Crippen LogP contribution in [0.3, 0.4) is 0 Å². The Bertz CT molecular complexity index is 444. The Morgan fingerprint density at radius 1 is 1.11 bits per heavy atom. The Hall–Kier alpha value is -1.26. The van der Waals surface area contributed by atoms with Crippen molar-refractivity contribution in [1.82, 2.24) is 10.6 Å². The first-order valence-corrected chi connectivity index (χ1v) is 6.76. The molecule has 104 valence electrons. The number of carbonyl (C=O) groups excluding carboxylic acids is 2. The zero-order valence-corrected chi connectivity index (χ0v) is 12.1. The van der Waals surface area contributed by atoms with E-state index in [9.17, 15) is 9.59 Å². The maximum absolute atomic E-state index is 11.7. The van der Waals surface area contributed by atoms with E-state index in [1.807, 2.05) is 6.92 Å². The lowest BCUT2D eigenvalue weighted by Crippen LogP contribution is -2.37.